The smallest absolute Gasteiger partial charge is 0.181 e. The van der Waals surface area contributed by atoms with Crippen molar-refractivity contribution in [3.8, 4) is 33.6 Å². The van der Waals surface area contributed by atoms with Crippen LogP contribution in [0, 0.1) is 11.7 Å². The first-order valence-electron chi connectivity index (χ1n) is 12.1. The molecule has 1 fully saturated rings. The standard InChI is InChI=1S/C29H22FN7/c1-16(17-2-3-17)34-22-8-19(11-31-13-22)20-9-24-28(36-37-29(24)33-12-20)26-10-23-25(14-32-15-27(23)35-26)18-4-6-21(30)7-5-18/h4-15,17,34-35H,1-3H2,(H,33,36,37). The number of rotatable bonds is 6. The first-order chi connectivity index (χ1) is 18.1. The maximum Gasteiger partial charge on any atom is 0.181 e. The highest BCUT2D eigenvalue weighted by molar-refractivity contribution is 6.00. The average molecular weight is 488 g/mol. The molecule has 6 aromatic rings. The number of pyridine rings is 3. The molecule has 7 nitrogen and oxygen atoms in total. The fraction of sp³-hybridized carbons (Fsp3) is 0.103. The maximum absolute atomic E-state index is 13.5. The topological polar surface area (TPSA) is 95.2 Å². The van der Waals surface area contributed by atoms with Crippen molar-refractivity contribution in [1.29, 1.82) is 0 Å². The van der Waals surface area contributed by atoms with Crippen molar-refractivity contribution in [2.75, 3.05) is 5.32 Å². The summed E-state index contributed by atoms with van der Waals surface area (Å²) in [6, 6.07) is 12.6. The molecule has 0 amide bonds. The first kappa shape index (κ1) is 21.4. The summed E-state index contributed by atoms with van der Waals surface area (Å²) in [4.78, 5) is 16.8. The van der Waals surface area contributed by atoms with E-state index >= 15 is 0 Å². The number of aromatic nitrogens is 6. The molecular formula is C29H22FN7. The molecule has 0 radical (unpaired) electrons. The minimum Gasteiger partial charge on any atom is -0.358 e. The number of nitrogens with zero attached hydrogens (tertiary/aromatic N) is 4. The fourth-order valence-electron chi connectivity index (χ4n) is 4.69. The van der Waals surface area contributed by atoms with Gasteiger partial charge < -0.3 is 10.3 Å². The summed E-state index contributed by atoms with van der Waals surface area (Å²) in [7, 11) is 0. The number of hydrogen-bond donors (Lipinski definition) is 3. The number of nitrogens with one attached hydrogen (secondary N) is 3. The lowest BCUT2D eigenvalue weighted by Gasteiger charge is -2.09. The second-order valence-electron chi connectivity index (χ2n) is 9.42. The molecule has 1 aliphatic carbocycles. The Balaban J connectivity index is 1.28. The normalized spacial score (nSPS) is 13.3. The molecule has 8 heteroatoms. The summed E-state index contributed by atoms with van der Waals surface area (Å²) < 4.78 is 13.5. The molecule has 0 bridgehead atoms. The Bertz CT molecular complexity index is 1800. The number of benzene rings is 1. The SMILES string of the molecule is C=C(Nc1cncc(-c2cnc3n[nH]c(-c4cc5c(-c6ccc(F)cc6)cncc5[nH]4)c3c2)c1)C1CC1. The van der Waals surface area contributed by atoms with Crippen molar-refractivity contribution < 1.29 is 4.39 Å². The van der Waals surface area contributed by atoms with E-state index in [0.717, 1.165) is 61.3 Å². The van der Waals surface area contributed by atoms with E-state index in [4.69, 9.17) is 0 Å². The molecule has 0 spiro atoms. The summed E-state index contributed by atoms with van der Waals surface area (Å²) in [5.41, 5.74) is 8.86. The van der Waals surface area contributed by atoms with Gasteiger partial charge in [-0.1, -0.05) is 18.7 Å². The Morgan fingerprint density at radius 1 is 0.892 bits per heavy atom. The van der Waals surface area contributed by atoms with Crippen LogP contribution in [0.2, 0.25) is 0 Å². The summed E-state index contributed by atoms with van der Waals surface area (Å²) >= 11 is 0. The van der Waals surface area contributed by atoms with Crippen LogP contribution in [-0.4, -0.2) is 30.1 Å². The lowest BCUT2D eigenvalue weighted by atomic mass is 10.0. The molecule has 37 heavy (non-hydrogen) atoms. The highest BCUT2D eigenvalue weighted by Gasteiger charge is 2.24. The van der Waals surface area contributed by atoms with Gasteiger partial charge >= 0.3 is 0 Å². The van der Waals surface area contributed by atoms with E-state index in [-0.39, 0.29) is 5.82 Å². The molecule has 1 saturated carbocycles. The molecule has 180 valence electrons. The van der Waals surface area contributed by atoms with Gasteiger partial charge in [0.25, 0.3) is 0 Å². The van der Waals surface area contributed by atoms with Crippen LogP contribution >= 0.6 is 0 Å². The van der Waals surface area contributed by atoms with Gasteiger partial charge in [0.05, 0.1) is 35.0 Å². The average Bonchev–Trinajstić information content (AvgIpc) is 3.55. The number of aromatic amines is 2. The zero-order valence-electron chi connectivity index (χ0n) is 19.8. The van der Waals surface area contributed by atoms with Crippen LogP contribution in [0.25, 0.3) is 55.6 Å². The van der Waals surface area contributed by atoms with Crippen molar-refractivity contribution >= 4 is 27.6 Å². The van der Waals surface area contributed by atoms with Crippen LogP contribution in [0.1, 0.15) is 12.8 Å². The molecule has 5 aromatic heterocycles. The molecule has 7 rings (SSSR count). The molecule has 0 unspecified atom stereocenters. The van der Waals surface area contributed by atoms with Gasteiger partial charge in [-0.3, -0.25) is 15.1 Å². The summed E-state index contributed by atoms with van der Waals surface area (Å²) in [6.07, 6.45) is 11.4. The van der Waals surface area contributed by atoms with Gasteiger partial charge in [0.2, 0.25) is 0 Å². The lowest BCUT2D eigenvalue weighted by molar-refractivity contribution is 0.628. The molecular weight excluding hydrogens is 465 g/mol. The Hall–Kier alpha value is -4.85. The van der Waals surface area contributed by atoms with Crippen molar-refractivity contribution in [2.45, 2.75) is 12.8 Å². The molecule has 3 N–H and O–H groups in total. The summed E-state index contributed by atoms with van der Waals surface area (Å²) in [5, 5.41) is 12.8. The van der Waals surface area contributed by atoms with Crippen molar-refractivity contribution in [1.82, 2.24) is 30.1 Å². The van der Waals surface area contributed by atoms with Crippen LogP contribution in [0.5, 0.6) is 0 Å². The van der Waals surface area contributed by atoms with Gasteiger partial charge in [0.1, 0.15) is 5.82 Å². The highest BCUT2D eigenvalue weighted by Crippen LogP contribution is 2.37. The third kappa shape index (κ3) is 3.92. The molecule has 1 aliphatic rings. The van der Waals surface area contributed by atoms with E-state index in [1.165, 1.54) is 25.0 Å². The van der Waals surface area contributed by atoms with Crippen LogP contribution < -0.4 is 5.32 Å². The van der Waals surface area contributed by atoms with Crippen molar-refractivity contribution in [3.63, 3.8) is 0 Å². The second kappa shape index (κ2) is 8.37. The van der Waals surface area contributed by atoms with Crippen LogP contribution in [0.4, 0.5) is 10.1 Å². The van der Waals surface area contributed by atoms with Gasteiger partial charge in [-0.05, 0) is 54.7 Å². The zero-order valence-corrected chi connectivity index (χ0v) is 19.8. The van der Waals surface area contributed by atoms with Gasteiger partial charge in [-0.15, -0.1) is 0 Å². The lowest BCUT2D eigenvalue weighted by Crippen LogP contribution is -2.00. The Labute approximate surface area is 211 Å². The van der Waals surface area contributed by atoms with Crippen LogP contribution in [0.15, 0.2) is 85.7 Å². The van der Waals surface area contributed by atoms with Crippen LogP contribution in [-0.2, 0) is 0 Å². The Morgan fingerprint density at radius 3 is 2.54 bits per heavy atom. The monoisotopic (exact) mass is 487 g/mol. The number of anilines is 1. The predicted octanol–water partition coefficient (Wildman–Crippen LogP) is 6.70. The van der Waals surface area contributed by atoms with Gasteiger partial charge in [0.15, 0.2) is 5.65 Å². The zero-order chi connectivity index (χ0) is 24.9. The number of allylic oxidation sites excluding steroid dienone is 1. The van der Waals surface area contributed by atoms with E-state index in [2.05, 4.69) is 60.2 Å². The van der Waals surface area contributed by atoms with E-state index in [9.17, 15) is 4.39 Å². The predicted molar refractivity (Wildman–Crippen MR) is 143 cm³/mol. The van der Waals surface area contributed by atoms with E-state index in [1.807, 2.05) is 18.6 Å². The highest BCUT2D eigenvalue weighted by atomic mass is 19.1. The number of hydrogen-bond acceptors (Lipinski definition) is 5. The van der Waals surface area contributed by atoms with Crippen molar-refractivity contribution in [3.05, 3.63) is 91.5 Å². The molecule has 0 aliphatic heterocycles. The van der Waals surface area contributed by atoms with Gasteiger partial charge in [-0.25, -0.2) is 9.37 Å². The molecule has 5 heterocycles. The minimum absolute atomic E-state index is 0.268. The van der Waals surface area contributed by atoms with Gasteiger partial charge in [0, 0.05) is 51.8 Å². The Kier molecular flexibility index (Phi) is 4.85. The molecule has 0 saturated heterocycles. The van der Waals surface area contributed by atoms with E-state index < -0.39 is 0 Å². The third-order valence-electron chi connectivity index (χ3n) is 6.83. The first-order valence-corrected chi connectivity index (χ1v) is 12.1. The maximum atomic E-state index is 13.5. The quantitative estimate of drug-likeness (QED) is 0.243. The Morgan fingerprint density at radius 2 is 1.70 bits per heavy atom. The van der Waals surface area contributed by atoms with E-state index in [1.54, 1.807) is 24.5 Å². The fourth-order valence-corrected chi connectivity index (χ4v) is 4.69. The number of fused-ring (bicyclic) bond motifs is 2. The van der Waals surface area contributed by atoms with E-state index in [0.29, 0.717) is 11.6 Å². The summed E-state index contributed by atoms with van der Waals surface area (Å²) in [5.74, 6) is 0.292. The summed E-state index contributed by atoms with van der Waals surface area (Å²) in [6.45, 7) is 4.15. The number of halogens is 1. The minimum atomic E-state index is -0.268. The largest absolute Gasteiger partial charge is 0.358 e. The second-order valence-corrected chi connectivity index (χ2v) is 9.42. The van der Waals surface area contributed by atoms with Gasteiger partial charge in [-0.2, -0.15) is 5.10 Å². The molecule has 1 aromatic carbocycles. The van der Waals surface area contributed by atoms with Crippen LogP contribution in [0.3, 0.4) is 0 Å². The van der Waals surface area contributed by atoms with Crippen molar-refractivity contribution in [2.24, 2.45) is 5.92 Å². The molecule has 0 atom stereocenters. The third-order valence-corrected chi connectivity index (χ3v) is 6.83. The number of H-pyrrole nitrogens is 2.